The van der Waals surface area contributed by atoms with Gasteiger partial charge in [0.25, 0.3) is 10.1 Å². The Morgan fingerprint density at radius 1 is 1.14 bits per heavy atom. The number of thiazole rings is 1. The average molecular weight is 331 g/mol. The van der Waals surface area contributed by atoms with E-state index in [-0.39, 0.29) is 47.2 Å². The Kier molecular flexibility index (Phi) is 4.72. The summed E-state index contributed by atoms with van der Waals surface area (Å²) in [6.45, 7) is 0. The maximum atomic E-state index is 11.2. The van der Waals surface area contributed by atoms with Crippen LogP contribution in [0.15, 0.2) is 47.4 Å². The molecule has 0 saturated carbocycles. The van der Waals surface area contributed by atoms with Gasteiger partial charge < -0.3 is 6.53 Å². The number of aromatic nitrogens is 1. The first-order chi connectivity index (χ1) is 9.45. The van der Waals surface area contributed by atoms with Gasteiger partial charge in [0.05, 0.1) is 20.7 Å². The van der Waals surface area contributed by atoms with E-state index in [0.717, 1.165) is 16.3 Å². The predicted octanol–water partition coefficient (Wildman–Crippen LogP) is 0.0321. The van der Waals surface area contributed by atoms with Crippen molar-refractivity contribution in [2.45, 2.75) is 4.90 Å². The van der Waals surface area contributed by atoms with Crippen molar-refractivity contribution in [3.63, 3.8) is 0 Å². The van der Waals surface area contributed by atoms with Gasteiger partial charge in [-0.05, 0) is 30.3 Å². The van der Waals surface area contributed by atoms with Crippen molar-refractivity contribution in [2.75, 3.05) is 0 Å². The molecule has 1 heterocycles. The summed E-state index contributed by atoms with van der Waals surface area (Å²) in [5, 5.41) is 10.4. The first-order valence-electron chi connectivity index (χ1n) is 5.61. The summed E-state index contributed by atoms with van der Waals surface area (Å²) in [7, 11) is -4.31. The zero-order chi connectivity index (χ0) is 14.3. The van der Waals surface area contributed by atoms with E-state index < -0.39 is 10.1 Å². The quantitative estimate of drug-likeness (QED) is 0.511. The van der Waals surface area contributed by atoms with Crippen LogP contribution in [-0.2, 0) is 10.1 Å². The molecule has 2 N–H and O–H groups in total. The normalized spacial score (nSPS) is 11.3. The first kappa shape index (κ1) is 16.4. The fourth-order valence-corrected chi connectivity index (χ4v) is 3.33. The maximum absolute atomic E-state index is 11.2. The number of aromatic hydroxyl groups is 1. The second kappa shape index (κ2) is 6.04. The van der Waals surface area contributed by atoms with Crippen LogP contribution in [-0.4, -0.2) is 23.1 Å². The molecular weight excluding hydrogens is 321 g/mol. The Morgan fingerprint density at radius 3 is 2.52 bits per heavy atom. The van der Waals surface area contributed by atoms with Crippen LogP contribution >= 0.6 is 11.3 Å². The molecule has 0 amide bonds. The summed E-state index contributed by atoms with van der Waals surface area (Å²) in [5.41, 5.74) is 1.05. The van der Waals surface area contributed by atoms with Gasteiger partial charge in [-0.2, -0.15) is 8.42 Å². The number of phenols is 1. The molecule has 0 fully saturated rings. The number of fused-ring (bicyclic) bond motifs is 1. The minimum atomic E-state index is -4.31. The standard InChI is InChI=1S/C13H9NO4S2.Na.H/c15-11-6-5-8(20(16,17)18)7-9(11)13-14-10-3-1-2-4-12(10)19-13;;/h1-7,15H,(H,16,17,18);;/q;+1;-1. The van der Waals surface area contributed by atoms with E-state index in [9.17, 15) is 13.5 Å². The van der Waals surface area contributed by atoms with Gasteiger partial charge >= 0.3 is 29.6 Å². The number of hydrogen-bond acceptors (Lipinski definition) is 5. The first-order valence-corrected chi connectivity index (χ1v) is 7.87. The number of rotatable bonds is 2. The summed E-state index contributed by atoms with van der Waals surface area (Å²) < 4.78 is 32.3. The molecular formula is C13H10NNaO4S2. The number of benzene rings is 2. The molecule has 104 valence electrons. The molecule has 3 rings (SSSR count). The molecule has 0 bridgehead atoms. The van der Waals surface area contributed by atoms with Gasteiger partial charge in [-0.3, -0.25) is 4.55 Å². The molecule has 0 aliphatic carbocycles. The Labute approximate surface area is 148 Å². The zero-order valence-corrected chi connectivity index (χ0v) is 14.6. The monoisotopic (exact) mass is 331 g/mol. The Hall–Kier alpha value is -0.960. The molecule has 0 aliphatic rings. The second-order valence-corrected chi connectivity index (χ2v) is 6.59. The minimum Gasteiger partial charge on any atom is -1.00 e. The number of hydrogen-bond donors (Lipinski definition) is 2. The number of phenolic OH excluding ortho intramolecular Hbond substituents is 1. The van der Waals surface area contributed by atoms with Crippen LogP contribution in [0.3, 0.4) is 0 Å². The van der Waals surface area contributed by atoms with E-state index >= 15 is 0 Å². The van der Waals surface area contributed by atoms with E-state index in [0.29, 0.717) is 5.01 Å². The van der Waals surface area contributed by atoms with Crippen molar-refractivity contribution in [3.8, 4) is 16.3 Å². The fraction of sp³-hybridized carbons (Fsp3) is 0. The molecule has 0 unspecified atom stereocenters. The SMILES string of the molecule is O=S(=O)(O)c1ccc(O)c(-c2nc3ccccc3s2)c1.[H-].[Na+]. The van der Waals surface area contributed by atoms with E-state index in [1.165, 1.54) is 23.5 Å². The third-order valence-corrected chi connectivity index (χ3v) is 4.71. The molecule has 8 heteroatoms. The van der Waals surface area contributed by atoms with Gasteiger partial charge in [0.2, 0.25) is 0 Å². The maximum Gasteiger partial charge on any atom is 1.00 e. The molecule has 0 spiro atoms. The summed E-state index contributed by atoms with van der Waals surface area (Å²) in [6, 6.07) is 11.0. The summed E-state index contributed by atoms with van der Waals surface area (Å²) in [5.74, 6) is -0.0866. The summed E-state index contributed by atoms with van der Waals surface area (Å²) in [6.07, 6.45) is 0. The van der Waals surface area contributed by atoms with Gasteiger partial charge in [-0.25, -0.2) is 4.98 Å². The van der Waals surface area contributed by atoms with Crippen LogP contribution in [0.25, 0.3) is 20.8 Å². The number of nitrogens with zero attached hydrogens (tertiary/aromatic N) is 1. The van der Waals surface area contributed by atoms with Crippen molar-refractivity contribution in [1.29, 1.82) is 0 Å². The largest absolute Gasteiger partial charge is 1.00 e. The summed E-state index contributed by atoms with van der Waals surface area (Å²) in [4.78, 5) is 4.08. The molecule has 1 aromatic heterocycles. The van der Waals surface area contributed by atoms with Gasteiger partial charge in [0, 0.05) is 0 Å². The average Bonchev–Trinajstić information content (AvgIpc) is 2.81. The third-order valence-electron chi connectivity index (χ3n) is 2.79. The topological polar surface area (TPSA) is 87.5 Å². The molecule has 21 heavy (non-hydrogen) atoms. The predicted molar refractivity (Wildman–Crippen MR) is 77.6 cm³/mol. The van der Waals surface area contributed by atoms with Crippen LogP contribution in [0.2, 0.25) is 0 Å². The van der Waals surface area contributed by atoms with E-state index in [4.69, 9.17) is 4.55 Å². The molecule has 2 aromatic carbocycles. The second-order valence-electron chi connectivity index (χ2n) is 4.14. The van der Waals surface area contributed by atoms with E-state index in [1.807, 2.05) is 24.3 Å². The van der Waals surface area contributed by atoms with Crippen LogP contribution in [0.4, 0.5) is 0 Å². The Balaban J connectivity index is 0.00000121. The Morgan fingerprint density at radius 2 is 1.86 bits per heavy atom. The van der Waals surface area contributed by atoms with Crippen LogP contribution < -0.4 is 29.6 Å². The van der Waals surface area contributed by atoms with Crippen LogP contribution in [0.1, 0.15) is 1.43 Å². The van der Waals surface area contributed by atoms with Gasteiger partial charge in [-0.1, -0.05) is 12.1 Å². The van der Waals surface area contributed by atoms with Crippen LogP contribution in [0, 0.1) is 0 Å². The molecule has 3 aromatic rings. The molecule has 0 atom stereocenters. The summed E-state index contributed by atoms with van der Waals surface area (Å²) >= 11 is 1.34. The van der Waals surface area contributed by atoms with Gasteiger partial charge in [-0.15, -0.1) is 11.3 Å². The number of para-hydroxylation sites is 1. The van der Waals surface area contributed by atoms with Crippen molar-refractivity contribution in [1.82, 2.24) is 4.98 Å². The zero-order valence-electron chi connectivity index (χ0n) is 12.0. The Bertz CT molecular complexity index is 878. The van der Waals surface area contributed by atoms with Gasteiger partial charge in [0.15, 0.2) is 0 Å². The van der Waals surface area contributed by atoms with Gasteiger partial charge in [0.1, 0.15) is 10.8 Å². The molecule has 5 nitrogen and oxygen atoms in total. The smallest absolute Gasteiger partial charge is 1.00 e. The third kappa shape index (κ3) is 3.28. The van der Waals surface area contributed by atoms with E-state index in [1.54, 1.807) is 0 Å². The van der Waals surface area contributed by atoms with Crippen LogP contribution in [0.5, 0.6) is 5.75 Å². The van der Waals surface area contributed by atoms with Crippen molar-refractivity contribution in [3.05, 3.63) is 42.5 Å². The van der Waals surface area contributed by atoms with Crippen molar-refractivity contribution < 1.29 is 49.1 Å². The molecule has 0 aliphatic heterocycles. The molecule has 0 saturated heterocycles. The van der Waals surface area contributed by atoms with Crippen molar-refractivity contribution >= 4 is 31.7 Å². The fourth-order valence-electron chi connectivity index (χ4n) is 1.83. The van der Waals surface area contributed by atoms with Crippen molar-refractivity contribution in [2.24, 2.45) is 0 Å². The minimum absolute atomic E-state index is 0. The van der Waals surface area contributed by atoms with E-state index in [2.05, 4.69) is 4.98 Å². The molecule has 0 radical (unpaired) electrons.